The minimum atomic E-state index is -0.0244. The van der Waals surface area contributed by atoms with E-state index in [0.717, 1.165) is 12.2 Å². The predicted octanol–water partition coefficient (Wildman–Crippen LogP) is 1.60. The van der Waals surface area contributed by atoms with Crippen LogP contribution in [-0.4, -0.2) is 29.1 Å². The summed E-state index contributed by atoms with van der Waals surface area (Å²) in [6, 6.07) is 0. The van der Waals surface area contributed by atoms with Crippen molar-refractivity contribution in [3.63, 3.8) is 0 Å². The van der Waals surface area contributed by atoms with E-state index < -0.39 is 0 Å². The van der Waals surface area contributed by atoms with Crippen LogP contribution in [0.4, 0.5) is 5.69 Å². The van der Waals surface area contributed by atoms with Crippen LogP contribution in [0.3, 0.4) is 0 Å². The molecule has 0 aliphatic carbocycles. The molecule has 1 atom stereocenters. The van der Waals surface area contributed by atoms with Gasteiger partial charge in [-0.05, 0) is 27.7 Å². The molecule has 0 fully saturated rings. The van der Waals surface area contributed by atoms with Crippen LogP contribution in [0.1, 0.15) is 26.5 Å². The van der Waals surface area contributed by atoms with Crippen molar-refractivity contribution in [2.24, 2.45) is 0 Å². The lowest BCUT2D eigenvalue weighted by Crippen LogP contribution is -2.21. The first-order chi connectivity index (χ1) is 7.60. The van der Waals surface area contributed by atoms with Gasteiger partial charge >= 0.3 is 0 Å². The first kappa shape index (κ1) is 12.8. The summed E-state index contributed by atoms with van der Waals surface area (Å²) in [7, 11) is 0. The van der Waals surface area contributed by atoms with Crippen LogP contribution < -0.4 is 10.5 Å². The molecule has 0 saturated heterocycles. The fourth-order valence-electron chi connectivity index (χ4n) is 1.42. The van der Waals surface area contributed by atoms with E-state index in [1.54, 1.807) is 4.68 Å². The Kier molecular flexibility index (Phi) is 4.61. The summed E-state index contributed by atoms with van der Waals surface area (Å²) in [6.07, 6.45) is -0.0244. The summed E-state index contributed by atoms with van der Waals surface area (Å²) in [6.45, 7) is 9.79. The summed E-state index contributed by atoms with van der Waals surface area (Å²) in [4.78, 5) is 0. The zero-order valence-corrected chi connectivity index (χ0v) is 10.5. The standard InChI is InChI=1S/C11H21N3O2/c1-5-14-11(10(12)9(4)13-14)16-8(3)7-15-6-2/h8H,5-7,12H2,1-4H3. The molecular formula is C11H21N3O2. The van der Waals surface area contributed by atoms with Crippen molar-refractivity contribution in [1.82, 2.24) is 9.78 Å². The SMILES string of the molecule is CCOCC(C)Oc1c(N)c(C)nn1CC. The fourth-order valence-corrected chi connectivity index (χ4v) is 1.42. The Morgan fingerprint density at radius 1 is 1.44 bits per heavy atom. The largest absolute Gasteiger partial charge is 0.471 e. The number of anilines is 1. The van der Waals surface area contributed by atoms with E-state index in [2.05, 4.69) is 5.10 Å². The second-order valence-electron chi connectivity index (χ2n) is 3.71. The van der Waals surface area contributed by atoms with Gasteiger partial charge in [0.15, 0.2) is 0 Å². The van der Waals surface area contributed by atoms with Gasteiger partial charge in [-0.1, -0.05) is 0 Å². The van der Waals surface area contributed by atoms with Gasteiger partial charge in [0.25, 0.3) is 0 Å². The van der Waals surface area contributed by atoms with Gasteiger partial charge in [-0.25, -0.2) is 4.68 Å². The normalized spacial score (nSPS) is 12.8. The molecule has 5 nitrogen and oxygen atoms in total. The van der Waals surface area contributed by atoms with Gasteiger partial charge in [0.2, 0.25) is 5.88 Å². The molecule has 0 aliphatic rings. The lowest BCUT2D eigenvalue weighted by molar-refractivity contribution is 0.0610. The number of aromatic nitrogens is 2. The third-order valence-corrected chi connectivity index (χ3v) is 2.29. The van der Waals surface area contributed by atoms with Crippen molar-refractivity contribution in [2.75, 3.05) is 18.9 Å². The van der Waals surface area contributed by atoms with Gasteiger partial charge in [0.05, 0.1) is 12.3 Å². The van der Waals surface area contributed by atoms with E-state index in [9.17, 15) is 0 Å². The minimum absolute atomic E-state index is 0.0244. The molecule has 16 heavy (non-hydrogen) atoms. The predicted molar refractivity (Wildman–Crippen MR) is 63.6 cm³/mol. The molecule has 1 heterocycles. The van der Waals surface area contributed by atoms with Crippen molar-refractivity contribution < 1.29 is 9.47 Å². The zero-order chi connectivity index (χ0) is 12.1. The van der Waals surface area contributed by atoms with Gasteiger partial charge in [0, 0.05) is 13.2 Å². The summed E-state index contributed by atoms with van der Waals surface area (Å²) in [5.74, 6) is 0.646. The number of rotatable bonds is 6. The summed E-state index contributed by atoms with van der Waals surface area (Å²) in [5.41, 5.74) is 7.33. The summed E-state index contributed by atoms with van der Waals surface area (Å²) >= 11 is 0. The van der Waals surface area contributed by atoms with Gasteiger partial charge in [-0.3, -0.25) is 0 Å². The topological polar surface area (TPSA) is 62.3 Å². The van der Waals surface area contributed by atoms with Crippen LogP contribution in [0.15, 0.2) is 0 Å². The lowest BCUT2D eigenvalue weighted by atomic mass is 10.4. The third kappa shape index (κ3) is 2.88. The van der Waals surface area contributed by atoms with Gasteiger partial charge < -0.3 is 15.2 Å². The minimum Gasteiger partial charge on any atom is -0.471 e. The van der Waals surface area contributed by atoms with Crippen molar-refractivity contribution in [1.29, 1.82) is 0 Å². The number of ether oxygens (including phenoxy) is 2. The molecule has 1 aromatic heterocycles. The highest BCUT2D eigenvalue weighted by Crippen LogP contribution is 2.25. The first-order valence-corrected chi connectivity index (χ1v) is 5.67. The van der Waals surface area contributed by atoms with E-state index in [-0.39, 0.29) is 6.10 Å². The Morgan fingerprint density at radius 3 is 2.69 bits per heavy atom. The molecule has 0 saturated carbocycles. The summed E-state index contributed by atoms with van der Waals surface area (Å²) in [5, 5.41) is 4.29. The molecular weight excluding hydrogens is 206 g/mol. The molecule has 0 spiro atoms. The Hall–Kier alpha value is -1.23. The van der Waals surface area contributed by atoms with Gasteiger partial charge in [0.1, 0.15) is 11.8 Å². The molecule has 92 valence electrons. The Morgan fingerprint density at radius 2 is 2.12 bits per heavy atom. The van der Waals surface area contributed by atoms with Crippen LogP contribution >= 0.6 is 0 Å². The molecule has 5 heteroatoms. The van der Waals surface area contributed by atoms with Gasteiger partial charge in [-0.2, -0.15) is 5.10 Å². The van der Waals surface area contributed by atoms with Gasteiger partial charge in [-0.15, -0.1) is 0 Å². The average molecular weight is 227 g/mol. The average Bonchev–Trinajstić information content (AvgIpc) is 2.54. The molecule has 0 bridgehead atoms. The van der Waals surface area contributed by atoms with Crippen LogP contribution in [0.2, 0.25) is 0 Å². The van der Waals surface area contributed by atoms with E-state index >= 15 is 0 Å². The van der Waals surface area contributed by atoms with E-state index in [1.807, 2.05) is 27.7 Å². The third-order valence-electron chi connectivity index (χ3n) is 2.29. The van der Waals surface area contributed by atoms with Crippen LogP contribution in [-0.2, 0) is 11.3 Å². The van der Waals surface area contributed by atoms with E-state index in [0.29, 0.717) is 24.8 Å². The zero-order valence-electron chi connectivity index (χ0n) is 10.5. The van der Waals surface area contributed by atoms with Crippen molar-refractivity contribution >= 4 is 5.69 Å². The quantitative estimate of drug-likeness (QED) is 0.801. The summed E-state index contributed by atoms with van der Waals surface area (Å²) < 4.78 is 12.8. The van der Waals surface area contributed by atoms with E-state index in [1.165, 1.54) is 0 Å². The number of hydrogen-bond donors (Lipinski definition) is 1. The maximum Gasteiger partial charge on any atom is 0.236 e. The highest BCUT2D eigenvalue weighted by molar-refractivity contribution is 5.52. The number of aryl methyl sites for hydroxylation is 2. The number of nitrogens with zero attached hydrogens (tertiary/aromatic N) is 2. The number of nitrogen functional groups attached to an aromatic ring is 1. The van der Waals surface area contributed by atoms with Crippen molar-refractivity contribution in [3.8, 4) is 5.88 Å². The van der Waals surface area contributed by atoms with Crippen LogP contribution in [0, 0.1) is 6.92 Å². The smallest absolute Gasteiger partial charge is 0.236 e. The maximum absolute atomic E-state index is 5.91. The number of nitrogens with two attached hydrogens (primary N) is 1. The Labute approximate surface area is 96.5 Å². The highest BCUT2D eigenvalue weighted by Gasteiger charge is 2.15. The molecule has 1 aromatic rings. The monoisotopic (exact) mass is 227 g/mol. The maximum atomic E-state index is 5.91. The second kappa shape index (κ2) is 5.75. The second-order valence-corrected chi connectivity index (χ2v) is 3.71. The lowest BCUT2D eigenvalue weighted by Gasteiger charge is -2.15. The Balaban J connectivity index is 2.71. The highest BCUT2D eigenvalue weighted by atomic mass is 16.5. The number of hydrogen-bond acceptors (Lipinski definition) is 4. The molecule has 1 rings (SSSR count). The van der Waals surface area contributed by atoms with E-state index in [4.69, 9.17) is 15.2 Å². The first-order valence-electron chi connectivity index (χ1n) is 5.67. The van der Waals surface area contributed by atoms with Crippen LogP contribution in [0.5, 0.6) is 5.88 Å². The molecule has 0 aromatic carbocycles. The molecule has 0 radical (unpaired) electrons. The molecule has 0 amide bonds. The molecule has 1 unspecified atom stereocenters. The molecule has 2 N–H and O–H groups in total. The van der Waals surface area contributed by atoms with Crippen molar-refractivity contribution in [3.05, 3.63) is 5.69 Å². The fraction of sp³-hybridized carbons (Fsp3) is 0.727. The van der Waals surface area contributed by atoms with Crippen molar-refractivity contribution in [2.45, 2.75) is 40.3 Å². The molecule has 0 aliphatic heterocycles. The van der Waals surface area contributed by atoms with Crippen LogP contribution in [0.25, 0.3) is 0 Å². The Bertz CT molecular complexity index is 336.